The lowest BCUT2D eigenvalue weighted by molar-refractivity contribution is -0.130. The molecule has 2 heterocycles. The molecule has 0 spiro atoms. The number of benzene rings is 1. The van der Waals surface area contributed by atoms with Gasteiger partial charge in [0.25, 0.3) is 5.91 Å². The van der Waals surface area contributed by atoms with Gasteiger partial charge in [0, 0.05) is 12.7 Å². The van der Waals surface area contributed by atoms with E-state index in [0.717, 1.165) is 16.6 Å². The maximum Gasteiger partial charge on any atom is 0.254 e. The number of likely N-dealkylation sites (N-methyl/N-ethyl adjacent to an activating group) is 1. The lowest BCUT2D eigenvalue weighted by Crippen LogP contribution is -2.35. The van der Waals surface area contributed by atoms with E-state index in [9.17, 15) is 4.79 Å². The summed E-state index contributed by atoms with van der Waals surface area (Å²) in [5.74, 6) is 1.16. The largest absolute Gasteiger partial charge is 0.314 e. The van der Waals surface area contributed by atoms with E-state index >= 15 is 0 Å². The third kappa shape index (κ3) is 2.79. The van der Waals surface area contributed by atoms with Crippen LogP contribution in [0.2, 0.25) is 0 Å². The Morgan fingerprint density at radius 2 is 2.14 bits per heavy atom. The topological polar surface area (TPSA) is 66.8 Å². The first kappa shape index (κ1) is 17.1. The lowest BCUT2D eigenvalue weighted by Gasteiger charge is -2.27. The second kappa shape index (κ2) is 6.53. The number of rotatable bonds is 4. The van der Waals surface area contributed by atoms with Crippen LogP contribution in [-0.4, -0.2) is 37.6 Å². The van der Waals surface area contributed by atoms with Crippen molar-refractivity contribution in [2.75, 3.05) is 7.05 Å². The van der Waals surface area contributed by atoms with Crippen molar-refractivity contribution in [1.29, 1.82) is 0 Å². The standard InChI is InChI=1S/C21H19N5OS/c1-25(16-8-7-14-9-15(14)10-16)20(27)18(13-5-3-2-4-6-13)26-12-22-19-17(21(26)28)11-23-24-19/h2-8,10-12,14-15,18H,9H2,1H3,(H,23,24). The quantitative estimate of drug-likeness (QED) is 0.692. The number of fused-ring (bicyclic) bond motifs is 2. The number of carbonyl (C=O) groups is 1. The van der Waals surface area contributed by atoms with Crippen molar-refractivity contribution < 1.29 is 4.79 Å². The number of H-pyrrole nitrogens is 1. The van der Waals surface area contributed by atoms with Crippen molar-refractivity contribution in [3.63, 3.8) is 0 Å². The first-order chi connectivity index (χ1) is 13.6. The molecule has 7 heteroatoms. The maximum atomic E-state index is 13.6. The number of allylic oxidation sites excluding steroid dienone is 3. The van der Waals surface area contributed by atoms with Gasteiger partial charge in [-0.05, 0) is 29.9 Å². The minimum Gasteiger partial charge on any atom is -0.314 e. The van der Waals surface area contributed by atoms with Crippen LogP contribution in [-0.2, 0) is 4.79 Å². The fourth-order valence-electron chi connectivity index (χ4n) is 3.77. The molecule has 2 aromatic heterocycles. The number of hydrogen-bond donors (Lipinski definition) is 1. The molecule has 5 rings (SSSR count). The van der Waals surface area contributed by atoms with Crippen LogP contribution in [0.4, 0.5) is 0 Å². The van der Waals surface area contributed by atoms with Gasteiger partial charge in [-0.3, -0.25) is 9.89 Å². The number of aromatic amines is 1. The van der Waals surface area contributed by atoms with E-state index in [-0.39, 0.29) is 5.91 Å². The zero-order chi connectivity index (χ0) is 19.3. The first-order valence-corrected chi connectivity index (χ1v) is 9.67. The minimum atomic E-state index is -0.600. The summed E-state index contributed by atoms with van der Waals surface area (Å²) in [6.07, 6.45) is 10.9. The van der Waals surface area contributed by atoms with Crippen LogP contribution >= 0.6 is 12.2 Å². The molecule has 1 aromatic carbocycles. The molecule has 2 aliphatic rings. The van der Waals surface area contributed by atoms with Gasteiger partial charge in [-0.1, -0.05) is 54.7 Å². The molecule has 0 bridgehead atoms. The van der Waals surface area contributed by atoms with Crippen LogP contribution < -0.4 is 0 Å². The number of hydrogen-bond acceptors (Lipinski definition) is 4. The molecule has 0 aliphatic heterocycles. The van der Waals surface area contributed by atoms with E-state index in [1.54, 1.807) is 22.0 Å². The fraction of sp³-hybridized carbons (Fsp3) is 0.238. The summed E-state index contributed by atoms with van der Waals surface area (Å²) in [5.41, 5.74) is 2.42. The highest BCUT2D eigenvalue weighted by Gasteiger charge is 2.37. The SMILES string of the molecule is CN(C(=O)C(c1ccccc1)n1cnc2[nH]ncc2c1=S)C1=CC2CC2C=C1. The Labute approximate surface area is 167 Å². The summed E-state index contributed by atoms with van der Waals surface area (Å²) in [4.78, 5) is 19.7. The normalized spacial score (nSPS) is 21.1. The van der Waals surface area contributed by atoms with Crippen LogP contribution in [0, 0.1) is 16.5 Å². The van der Waals surface area contributed by atoms with Gasteiger partial charge >= 0.3 is 0 Å². The van der Waals surface area contributed by atoms with Gasteiger partial charge in [0.05, 0.1) is 17.9 Å². The van der Waals surface area contributed by atoms with Crippen LogP contribution in [0.15, 0.2) is 66.8 Å². The fourth-order valence-corrected chi connectivity index (χ4v) is 4.07. The van der Waals surface area contributed by atoms with Crippen molar-refractivity contribution in [3.8, 4) is 0 Å². The molecule has 2 aliphatic carbocycles. The average Bonchev–Trinajstić information content (AvgIpc) is 3.34. The van der Waals surface area contributed by atoms with Gasteiger partial charge in [-0.25, -0.2) is 4.98 Å². The average molecular weight is 389 g/mol. The molecule has 1 N–H and O–H groups in total. The molecule has 1 amide bonds. The number of aromatic nitrogens is 4. The van der Waals surface area contributed by atoms with Crippen LogP contribution in [0.25, 0.3) is 11.0 Å². The van der Waals surface area contributed by atoms with Crippen molar-refractivity contribution in [1.82, 2.24) is 24.6 Å². The predicted octanol–water partition coefficient (Wildman–Crippen LogP) is 3.63. The molecule has 28 heavy (non-hydrogen) atoms. The molecule has 3 atom stereocenters. The Balaban J connectivity index is 1.60. The van der Waals surface area contributed by atoms with Crippen LogP contribution in [0.1, 0.15) is 18.0 Å². The van der Waals surface area contributed by atoms with Crippen LogP contribution in [0.3, 0.4) is 0 Å². The maximum absolute atomic E-state index is 13.6. The van der Waals surface area contributed by atoms with Crippen molar-refractivity contribution >= 4 is 29.2 Å². The van der Waals surface area contributed by atoms with Gasteiger partial charge in [0.2, 0.25) is 0 Å². The molecule has 0 saturated heterocycles. The molecule has 6 nitrogen and oxygen atoms in total. The lowest BCUT2D eigenvalue weighted by atomic mass is 10.0. The summed E-state index contributed by atoms with van der Waals surface area (Å²) < 4.78 is 2.29. The molecule has 3 unspecified atom stereocenters. The van der Waals surface area contributed by atoms with Crippen molar-refractivity contribution in [3.05, 3.63) is 77.0 Å². The third-order valence-electron chi connectivity index (χ3n) is 5.53. The molecule has 3 aromatic rings. The zero-order valence-electron chi connectivity index (χ0n) is 15.3. The highest BCUT2D eigenvalue weighted by Crippen LogP contribution is 2.44. The Morgan fingerprint density at radius 3 is 2.93 bits per heavy atom. The smallest absolute Gasteiger partial charge is 0.254 e. The molecule has 1 fully saturated rings. The second-order valence-electron chi connectivity index (χ2n) is 7.31. The Hall–Kier alpha value is -3.06. The van der Waals surface area contributed by atoms with Gasteiger partial charge < -0.3 is 9.47 Å². The summed E-state index contributed by atoms with van der Waals surface area (Å²) >= 11 is 5.67. The molecule has 1 saturated carbocycles. The highest BCUT2D eigenvalue weighted by molar-refractivity contribution is 7.71. The molecule has 0 radical (unpaired) electrons. The number of amides is 1. The van der Waals surface area contributed by atoms with Crippen molar-refractivity contribution in [2.45, 2.75) is 12.5 Å². The number of nitrogens with one attached hydrogen (secondary N) is 1. The van der Waals surface area contributed by atoms with E-state index in [1.807, 2.05) is 43.5 Å². The number of carbonyl (C=O) groups excluding carboxylic acids is 1. The second-order valence-corrected chi connectivity index (χ2v) is 7.70. The van der Waals surface area contributed by atoms with Gasteiger partial charge in [-0.15, -0.1) is 0 Å². The number of nitrogens with zero attached hydrogens (tertiary/aromatic N) is 4. The summed E-state index contributed by atoms with van der Waals surface area (Å²) in [6.45, 7) is 0. The minimum absolute atomic E-state index is 0.0538. The van der Waals surface area contributed by atoms with E-state index in [2.05, 4.69) is 27.3 Å². The van der Waals surface area contributed by atoms with Gasteiger partial charge in [0.15, 0.2) is 5.65 Å². The zero-order valence-corrected chi connectivity index (χ0v) is 16.1. The monoisotopic (exact) mass is 389 g/mol. The molecule has 140 valence electrons. The summed E-state index contributed by atoms with van der Waals surface area (Å²) in [7, 11) is 1.82. The van der Waals surface area contributed by atoms with E-state index < -0.39 is 6.04 Å². The Morgan fingerprint density at radius 1 is 1.32 bits per heavy atom. The van der Waals surface area contributed by atoms with Gasteiger partial charge in [-0.2, -0.15) is 5.10 Å². The van der Waals surface area contributed by atoms with E-state index in [0.29, 0.717) is 22.1 Å². The van der Waals surface area contributed by atoms with E-state index in [1.165, 1.54) is 6.42 Å². The molecular weight excluding hydrogens is 370 g/mol. The van der Waals surface area contributed by atoms with Gasteiger partial charge in [0.1, 0.15) is 10.7 Å². The molecular formula is C21H19N5OS. The summed E-state index contributed by atoms with van der Waals surface area (Å²) in [6, 6.07) is 9.08. The summed E-state index contributed by atoms with van der Waals surface area (Å²) in [5, 5.41) is 7.57. The Bertz CT molecular complexity index is 1180. The predicted molar refractivity (Wildman–Crippen MR) is 109 cm³/mol. The highest BCUT2D eigenvalue weighted by atomic mass is 32.1. The Kier molecular flexibility index (Phi) is 3.98. The van der Waals surface area contributed by atoms with E-state index in [4.69, 9.17) is 12.2 Å². The first-order valence-electron chi connectivity index (χ1n) is 9.26. The van der Waals surface area contributed by atoms with Crippen LogP contribution in [0.5, 0.6) is 0 Å². The third-order valence-corrected chi connectivity index (χ3v) is 5.96. The van der Waals surface area contributed by atoms with Crippen molar-refractivity contribution in [2.24, 2.45) is 11.8 Å².